The summed E-state index contributed by atoms with van der Waals surface area (Å²) in [5, 5.41) is 32.7. The summed E-state index contributed by atoms with van der Waals surface area (Å²) >= 11 is 0. The summed E-state index contributed by atoms with van der Waals surface area (Å²) in [6.45, 7) is 0. The SMILES string of the molecule is NC(CCCC(N)C(=O)O)C(=O)O.O=C(O)CCC(=O)C(=O)O. The van der Waals surface area contributed by atoms with Gasteiger partial charge in [0.2, 0.25) is 5.78 Å². The Morgan fingerprint density at radius 2 is 1.13 bits per heavy atom. The molecule has 0 rings (SSSR count). The Labute approximate surface area is 130 Å². The summed E-state index contributed by atoms with van der Waals surface area (Å²) in [7, 11) is 0. The maximum Gasteiger partial charge on any atom is 0.372 e. The highest BCUT2D eigenvalue weighted by molar-refractivity contribution is 6.32. The number of carboxylic acids is 4. The largest absolute Gasteiger partial charge is 0.481 e. The van der Waals surface area contributed by atoms with Gasteiger partial charge in [-0.1, -0.05) is 0 Å². The van der Waals surface area contributed by atoms with E-state index >= 15 is 0 Å². The van der Waals surface area contributed by atoms with E-state index in [0.29, 0.717) is 6.42 Å². The molecule has 0 aromatic heterocycles. The Morgan fingerprint density at radius 1 is 0.739 bits per heavy atom. The van der Waals surface area contributed by atoms with E-state index in [4.69, 9.17) is 31.9 Å². The quantitative estimate of drug-likeness (QED) is 0.252. The highest BCUT2D eigenvalue weighted by atomic mass is 16.4. The number of carbonyl (C=O) groups is 5. The van der Waals surface area contributed by atoms with Crippen LogP contribution in [0.1, 0.15) is 32.1 Å². The van der Waals surface area contributed by atoms with Crippen molar-refractivity contribution >= 4 is 29.7 Å². The normalized spacial score (nSPS) is 12.3. The fourth-order valence-corrected chi connectivity index (χ4v) is 1.13. The van der Waals surface area contributed by atoms with Gasteiger partial charge in [-0.2, -0.15) is 0 Å². The van der Waals surface area contributed by atoms with Gasteiger partial charge in [0.25, 0.3) is 0 Å². The van der Waals surface area contributed by atoms with Gasteiger partial charge in [0.05, 0.1) is 6.42 Å². The van der Waals surface area contributed by atoms with E-state index < -0.39 is 54.6 Å². The molecule has 0 aliphatic rings. The van der Waals surface area contributed by atoms with E-state index in [2.05, 4.69) is 0 Å². The Bertz CT molecular complexity index is 430. The highest BCUT2D eigenvalue weighted by Gasteiger charge is 2.14. The van der Waals surface area contributed by atoms with Crippen molar-refractivity contribution in [3.8, 4) is 0 Å². The van der Waals surface area contributed by atoms with Gasteiger partial charge in [-0.25, -0.2) is 4.79 Å². The molecule has 132 valence electrons. The minimum absolute atomic E-state index is 0.246. The molecule has 0 aliphatic carbocycles. The minimum Gasteiger partial charge on any atom is -0.481 e. The molecule has 0 fully saturated rings. The van der Waals surface area contributed by atoms with Crippen molar-refractivity contribution in [1.29, 1.82) is 0 Å². The van der Waals surface area contributed by atoms with E-state index in [1.807, 2.05) is 0 Å². The predicted octanol–water partition coefficient (Wildman–Crippen LogP) is -1.51. The average Bonchev–Trinajstić information content (AvgIpc) is 2.44. The van der Waals surface area contributed by atoms with Gasteiger partial charge in [0.15, 0.2) is 0 Å². The Hall–Kier alpha value is -2.53. The van der Waals surface area contributed by atoms with Gasteiger partial charge < -0.3 is 31.9 Å². The van der Waals surface area contributed by atoms with E-state index in [1.54, 1.807) is 0 Å². The number of nitrogens with two attached hydrogens (primary N) is 2. The van der Waals surface area contributed by atoms with Crippen LogP contribution in [0.3, 0.4) is 0 Å². The van der Waals surface area contributed by atoms with Gasteiger partial charge >= 0.3 is 23.9 Å². The molecule has 11 heteroatoms. The Morgan fingerprint density at radius 3 is 1.39 bits per heavy atom. The lowest BCUT2D eigenvalue weighted by molar-refractivity contribution is -0.149. The van der Waals surface area contributed by atoms with Crippen molar-refractivity contribution in [3.63, 3.8) is 0 Å². The predicted molar refractivity (Wildman–Crippen MR) is 74.6 cm³/mol. The van der Waals surface area contributed by atoms with Crippen LogP contribution in [0.2, 0.25) is 0 Å². The maximum atomic E-state index is 10.2. The van der Waals surface area contributed by atoms with Gasteiger partial charge in [-0.3, -0.25) is 19.2 Å². The molecule has 8 N–H and O–H groups in total. The van der Waals surface area contributed by atoms with Crippen LogP contribution in [-0.4, -0.2) is 62.2 Å². The van der Waals surface area contributed by atoms with Gasteiger partial charge in [-0.15, -0.1) is 0 Å². The molecule has 0 bridgehead atoms. The van der Waals surface area contributed by atoms with Crippen LogP contribution in [0, 0.1) is 0 Å². The fourth-order valence-electron chi connectivity index (χ4n) is 1.13. The van der Waals surface area contributed by atoms with Crippen molar-refractivity contribution in [2.45, 2.75) is 44.2 Å². The topological polar surface area (TPSA) is 218 Å². The van der Waals surface area contributed by atoms with Crippen LogP contribution >= 0.6 is 0 Å². The zero-order valence-electron chi connectivity index (χ0n) is 12.2. The van der Waals surface area contributed by atoms with E-state index in [1.165, 1.54) is 0 Å². The molecule has 0 aliphatic heterocycles. The molecule has 0 spiro atoms. The smallest absolute Gasteiger partial charge is 0.372 e. The van der Waals surface area contributed by atoms with Crippen LogP contribution in [0.5, 0.6) is 0 Å². The van der Waals surface area contributed by atoms with Gasteiger partial charge in [0, 0.05) is 6.42 Å². The lowest BCUT2D eigenvalue weighted by Gasteiger charge is -2.07. The van der Waals surface area contributed by atoms with Gasteiger partial charge in [0.1, 0.15) is 12.1 Å². The number of ketones is 1. The molecular weight excluding hydrogens is 316 g/mol. The third-order valence-electron chi connectivity index (χ3n) is 2.47. The molecule has 0 saturated heterocycles. The zero-order valence-corrected chi connectivity index (χ0v) is 12.2. The lowest BCUT2D eigenvalue weighted by atomic mass is 10.1. The van der Waals surface area contributed by atoms with Crippen LogP contribution in [-0.2, 0) is 24.0 Å². The molecule has 2 unspecified atom stereocenters. The molecule has 0 radical (unpaired) electrons. The number of carboxylic acid groups (broad SMARTS) is 4. The standard InChI is InChI=1S/C7H14N2O4.C5H6O5/c8-4(6(10)11)2-1-3-5(9)7(12)13;6-3(5(9)10)1-2-4(7)8/h4-5H,1-3,8-9H2,(H,10,11)(H,12,13);1-2H2,(H,7,8)(H,9,10). The first-order valence-electron chi connectivity index (χ1n) is 6.43. The molecule has 0 heterocycles. The van der Waals surface area contributed by atoms with Crippen molar-refractivity contribution in [2.75, 3.05) is 0 Å². The summed E-state index contributed by atoms with van der Waals surface area (Å²) in [6, 6.07) is -1.86. The van der Waals surface area contributed by atoms with Gasteiger partial charge in [-0.05, 0) is 19.3 Å². The lowest BCUT2D eigenvalue weighted by Crippen LogP contribution is -2.33. The number of hydrogen-bond donors (Lipinski definition) is 6. The number of rotatable bonds is 10. The van der Waals surface area contributed by atoms with E-state index in [0.717, 1.165) is 0 Å². The Balaban J connectivity index is 0. The first-order valence-corrected chi connectivity index (χ1v) is 6.43. The zero-order chi connectivity index (χ0) is 18.6. The van der Waals surface area contributed by atoms with Crippen LogP contribution < -0.4 is 11.5 Å². The van der Waals surface area contributed by atoms with Crippen molar-refractivity contribution in [1.82, 2.24) is 0 Å². The minimum atomic E-state index is -1.58. The third-order valence-corrected chi connectivity index (χ3v) is 2.47. The summed E-state index contributed by atoms with van der Waals surface area (Å²) < 4.78 is 0. The second-order valence-electron chi connectivity index (χ2n) is 4.44. The fraction of sp³-hybridized carbons (Fsp3) is 0.583. The third kappa shape index (κ3) is 14.2. The first-order chi connectivity index (χ1) is 10.5. The number of aliphatic carboxylic acids is 4. The summed E-state index contributed by atoms with van der Waals surface area (Å²) in [5.41, 5.74) is 10.4. The molecule has 11 nitrogen and oxygen atoms in total. The molecule has 0 aromatic carbocycles. The van der Waals surface area contributed by atoms with Crippen LogP contribution in [0.4, 0.5) is 0 Å². The average molecular weight is 336 g/mol. The van der Waals surface area contributed by atoms with E-state index in [-0.39, 0.29) is 12.8 Å². The van der Waals surface area contributed by atoms with E-state index in [9.17, 15) is 24.0 Å². The van der Waals surface area contributed by atoms with Crippen molar-refractivity contribution < 1.29 is 44.4 Å². The molecular formula is C12H20N2O9. The molecule has 0 saturated carbocycles. The second-order valence-corrected chi connectivity index (χ2v) is 4.44. The molecule has 2 atom stereocenters. The molecule has 23 heavy (non-hydrogen) atoms. The number of hydrogen-bond acceptors (Lipinski definition) is 7. The van der Waals surface area contributed by atoms with Crippen LogP contribution in [0.25, 0.3) is 0 Å². The maximum absolute atomic E-state index is 10.2. The summed E-state index contributed by atoms with van der Waals surface area (Å²) in [5.74, 6) is -5.98. The summed E-state index contributed by atoms with van der Waals surface area (Å²) in [6.07, 6.45) is 0.0311. The Kier molecular flexibility index (Phi) is 11.9. The highest BCUT2D eigenvalue weighted by Crippen LogP contribution is 2.01. The number of Topliss-reactive ketones (excluding diaryl/α,β-unsaturated/α-hetero) is 1. The monoisotopic (exact) mass is 336 g/mol. The first kappa shape index (κ1) is 22.7. The second kappa shape index (κ2) is 12.1. The van der Waals surface area contributed by atoms with Crippen LogP contribution in [0.15, 0.2) is 0 Å². The van der Waals surface area contributed by atoms with Crippen molar-refractivity contribution in [2.24, 2.45) is 11.5 Å². The molecule has 0 amide bonds. The number of carbonyl (C=O) groups excluding carboxylic acids is 1. The van der Waals surface area contributed by atoms with Crippen molar-refractivity contribution in [3.05, 3.63) is 0 Å². The molecule has 0 aromatic rings. The summed E-state index contributed by atoms with van der Waals surface area (Å²) in [4.78, 5) is 50.2.